The van der Waals surface area contributed by atoms with E-state index in [-0.39, 0.29) is 36.0 Å². The van der Waals surface area contributed by atoms with Gasteiger partial charge in [0.2, 0.25) is 0 Å². The second-order valence-corrected chi connectivity index (χ2v) is 8.69. The van der Waals surface area contributed by atoms with Gasteiger partial charge in [-0.25, -0.2) is 0 Å². The molecule has 2 aliphatic carbocycles. The van der Waals surface area contributed by atoms with E-state index in [0.717, 1.165) is 29.7 Å². The molecule has 3 heterocycles. The molecule has 3 aliphatic heterocycles. The van der Waals surface area contributed by atoms with E-state index in [1.807, 2.05) is 13.0 Å². The Labute approximate surface area is 168 Å². The Morgan fingerprint density at radius 2 is 2.14 bits per heavy atom. The molecule has 0 aromatic rings. The van der Waals surface area contributed by atoms with Gasteiger partial charge in [-0.15, -0.1) is 0 Å². The molecule has 7 nitrogen and oxygen atoms in total. The summed E-state index contributed by atoms with van der Waals surface area (Å²) in [6.45, 7) is 3.59. The van der Waals surface area contributed by atoms with E-state index in [9.17, 15) is 24.9 Å². The molecule has 6 atom stereocenters. The number of carboxylic acid groups (broad SMARTS) is 1. The second-order valence-electron chi connectivity index (χ2n) is 8.69. The van der Waals surface area contributed by atoms with Gasteiger partial charge < -0.3 is 25.0 Å². The highest BCUT2D eigenvalue weighted by molar-refractivity contribution is 6.11. The molecule has 0 bridgehead atoms. The van der Waals surface area contributed by atoms with Gasteiger partial charge in [0.15, 0.2) is 5.78 Å². The fourth-order valence-corrected chi connectivity index (χ4v) is 6.08. The van der Waals surface area contributed by atoms with Gasteiger partial charge in [-0.05, 0) is 56.4 Å². The summed E-state index contributed by atoms with van der Waals surface area (Å²) in [4.78, 5) is 26.3. The standard InChI is InChI=1S/C22H25NO6/c1-9(24)14-4-5-15-12-3-6-16(25)20-19(12)21(23(14)15)13-7-11(8-17(26)27)29-10(2)18(13)22(20)28/h3,6,9-11,13-14,21,24,28H,4-5,7-8H2,1-2H3,(H,26,27). The molecular weight excluding hydrogens is 374 g/mol. The van der Waals surface area contributed by atoms with Crippen LogP contribution in [0.5, 0.6) is 0 Å². The van der Waals surface area contributed by atoms with Gasteiger partial charge in [0.05, 0.1) is 42.4 Å². The number of carbonyl (C=O) groups excluding carboxylic acids is 1. The van der Waals surface area contributed by atoms with Crippen molar-refractivity contribution < 1.29 is 29.6 Å². The van der Waals surface area contributed by atoms with Gasteiger partial charge in [-0.3, -0.25) is 9.59 Å². The summed E-state index contributed by atoms with van der Waals surface area (Å²) in [6.07, 6.45) is 3.88. The number of ketones is 1. The van der Waals surface area contributed by atoms with Crippen LogP contribution in [-0.4, -0.2) is 62.4 Å². The Morgan fingerprint density at radius 3 is 2.83 bits per heavy atom. The fourth-order valence-electron chi connectivity index (χ4n) is 6.08. The molecule has 6 unspecified atom stereocenters. The molecule has 0 aromatic heterocycles. The maximum atomic E-state index is 12.7. The van der Waals surface area contributed by atoms with Gasteiger partial charge in [0, 0.05) is 17.2 Å². The third-order valence-electron chi connectivity index (χ3n) is 7.06. The first-order valence-electron chi connectivity index (χ1n) is 10.3. The summed E-state index contributed by atoms with van der Waals surface area (Å²) in [6, 6.07) is -0.248. The minimum atomic E-state index is -0.917. The summed E-state index contributed by atoms with van der Waals surface area (Å²) < 4.78 is 5.91. The highest BCUT2D eigenvalue weighted by Crippen LogP contribution is 2.56. The van der Waals surface area contributed by atoms with Crippen molar-refractivity contribution in [3.8, 4) is 0 Å². The quantitative estimate of drug-likeness (QED) is 0.666. The van der Waals surface area contributed by atoms with Crippen molar-refractivity contribution in [2.45, 2.75) is 69.9 Å². The summed E-state index contributed by atoms with van der Waals surface area (Å²) in [5.41, 5.74) is 3.95. The molecule has 5 rings (SSSR count). The number of rotatable bonds is 3. The molecule has 7 heteroatoms. The largest absolute Gasteiger partial charge is 0.507 e. The van der Waals surface area contributed by atoms with Crippen molar-refractivity contribution >= 4 is 11.8 Å². The Balaban J connectivity index is 1.67. The number of allylic oxidation sites excluding steroid dienone is 4. The average Bonchev–Trinajstić information content (AvgIpc) is 3.18. The minimum Gasteiger partial charge on any atom is -0.507 e. The number of hydrogen-bond acceptors (Lipinski definition) is 6. The number of aliphatic hydroxyl groups excluding tert-OH is 2. The lowest BCUT2D eigenvalue weighted by Gasteiger charge is -2.47. The molecule has 5 aliphatic rings. The molecule has 0 saturated carbocycles. The van der Waals surface area contributed by atoms with Crippen LogP contribution in [0.1, 0.15) is 39.5 Å². The first-order chi connectivity index (χ1) is 13.8. The zero-order valence-corrected chi connectivity index (χ0v) is 16.5. The fraction of sp³-hybridized carbons (Fsp3) is 0.545. The zero-order chi connectivity index (χ0) is 20.6. The van der Waals surface area contributed by atoms with Crippen LogP contribution >= 0.6 is 0 Å². The van der Waals surface area contributed by atoms with Crippen LogP contribution in [0.15, 0.2) is 45.9 Å². The van der Waals surface area contributed by atoms with Crippen molar-refractivity contribution in [2.75, 3.05) is 0 Å². The van der Waals surface area contributed by atoms with Crippen LogP contribution in [0.25, 0.3) is 0 Å². The van der Waals surface area contributed by atoms with Crippen molar-refractivity contribution in [1.29, 1.82) is 0 Å². The maximum absolute atomic E-state index is 12.7. The average molecular weight is 399 g/mol. The van der Waals surface area contributed by atoms with Crippen molar-refractivity contribution in [1.82, 2.24) is 4.90 Å². The molecule has 0 aromatic carbocycles. The molecular formula is C22H25NO6. The smallest absolute Gasteiger partial charge is 0.305 e. The van der Waals surface area contributed by atoms with Crippen LogP contribution in [0.3, 0.4) is 0 Å². The Bertz CT molecular complexity index is 939. The highest BCUT2D eigenvalue weighted by Gasteiger charge is 2.55. The number of nitrogens with zero attached hydrogens (tertiary/aromatic N) is 1. The Kier molecular flexibility index (Phi) is 4.05. The summed E-state index contributed by atoms with van der Waals surface area (Å²) in [5, 5.41) is 30.8. The van der Waals surface area contributed by atoms with Crippen molar-refractivity contribution in [2.24, 2.45) is 5.92 Å². The van der Waals surface area contributed by atoms with Crippen LogP contribution in [0.4, 0.5) is 0 Å². The first kappa shape index (κ1) is 18.6. The topological polar surface area (TPSA) is 107 Å². The van der Waals surface area contributed by atoms with E-state index in [4.69, 9.17) is 4.74 Å². The molecule has 29 heavy (non-hydrogen) atoms. The normalized spacial score (nSPS) is 36.4. The molecule has 0 spiro atoms. The molecule has 154 valence electrons. The number of carboxylic acids is 1. The molecule has 2 fully saturated rings. The van der Waals surface area contributed by atoms with E-state index >= 15 is 0 Å². The predicted octanol–water partition coefficient (Wildman–Crippen LogP) is 2.00. The van der Waals surface area contributed by atoms with Gasteiger partial charge in [0.25, 0.3) is 0 Å². The minimum absolute atomic E-state index is 0.00949. The monoisotopic (exact) mass is 399 g/mol. The van der Waals surface area contributed by atoms with E-state index in [1.165, 1.54) is 6.08 Å². The van der Waals surface area contributed by atoms with Crippen LogP contribution in [0.2, 0.25) is 0 Å². The predicted molar refractivity (Wildman–Crippen MR) is 103 cm³/mol. The third kappa shape index (κ3) is 2.50. The summed E-state index contributed by atoms with van der Waals surface area (Å²) in [7, 11) is 0. The number of carbonyl (C=O) groups is 2. The number of fused-ring (bicyclic) bond motifs is 4. The number of aliphatic hydroxyl groups is 2. The van der Waals surface area contributed by atoms with Crippen molar-refractivity contribution in [3.05, 3.63) is 45.9 Å². The molecule has 0 radical (unpaired) electrons. The van der Waals surface area contributed by atoms with Crippen LogP contribution < -0.4 is 0 Å². The number of hydrogen-bond donors (Lipinski definition) is 3. The summed E-state index contributed by atoms with van der Waals surface area (Å²) in [5.74, 6) is -1.30. The highest BCUT2D eigenvalue weighted by atomic mass is 16.5. The molecule has 3 N–H and O–H groups in total. The third-order valence-corrected chi connectivity index (χ3v) is 7.06. The van der Waals surface area contributed by atoms with E-state index in [0.29, 0.717) is 17.6 Å². The van der Waals surface area contributed by atoms with Gasteiger partial charge in [-0.1, -0.05) is 0 Å². The van der Waals surface area contributed by atoms with E-state index in [2.05, 4.69) is 4.90 Å². The number of ether oxygens (including phenoxy) is 1. The Morgan fingerprint density at radius 1 is 1.38 bits per heavy atom. The SMILES string of the molecule is CC1OC(CC(=O)O)CC2C1=C(O)C1=C3C(=C4CCC(C(C)O)N4C32)C=CC1=O. The van der Waals surface area contributed by atoms with E-state index < -0.39 is 24.3 Å². The summed E-state index contributed by atoms with van der Waals surface area (Å²) >= 11 is 0. The second kappa shape index (κ2) is 6.31. The first-order valence-corrected chi connectivity index (χ1v) is 10.3. The van der Waals surface area contributed by atoms with Gasteiger partial charge in [-0.2, -0.15) is 0 Å². The van der Waals surface area contributed by atoms with Gasteiger partial charge >= 0.3 is 5.97 Å². The van der Waals surface area contributed by atoms with E-state index in [1.54, 1.807) is 6.92 Å². The van der Waals surface area contributed by atoms with Crippen molar-refractivity contribution in [3.63, 3.8) is 0 Å². The van der Waals surface area contributed by atoms with Gasteiger partial charge in [0.1, 0.15) is 5.76 Å². The zero-order valence-electron chi connectivity index (χ0n) is 16.5. The lowest BCUT2D eigenvalue weighted by molar-refractivity contribution is -0.142. The lowest BCUT2D eigenvalue weighted by atomic mass is 9.69. The molecule has 2 saturated heterocycles. The lowest BCUT2D eigenvalue weighted by Crippen LogP contribution is -2.51. The Hall–Kier alpha value is -2.38. The number of aliphatic carboxylic acids is 1. The molecule has 0 amide bonds. The maximum Gasteiger partial charge on any atom is 0.305 e. The van der Waals surface area contributed by atoms with Crippen LogP contribution in [0, 0.1) is 5.92 Å². The van der Waals surface area contributed by atoms with Crippen LogP contribution in [-0.2, 0) is 14.3 Å².